The summed E-state index contributed by atoms with van der Waals surface area (Å²) in [4.78, 5) is 2.56. The second-order valence-corrected chi connectivity index (χ2v) is 6.43. The lowest BCUT2D eigenvalue weighted by Gasteiger charge is -2.35. The highest BCUT2D eigenvalue weighted by Crippen LogP contribution is 2.26. The van der Waals surface area contributed by atoms with Crippen molar-refractivity contribution >= 4 is 35.2 Å². The number of hydrogen-bond donors (Lipinski definition) is 1. The molecule has 0 bridgehead atoms. The molecule has 2 atom stereocenters. The highest BCUT2D eigenvalue weighted by molar-refractivity contribution is 14.1. The minimum absolute atomic E-state index is 0.751. The van der Waals surface area contributed by atoms with Crippen molar-refractivity contribution in [2.75, 3.05) is 18.8 Å². The summed E-state index contributed by atoms with van der Waals surface area (Å²) in [6.45, 7) is 3.52. The molecule has 0 amide bonds. The SMILES string of the molecule is SCC1CN(Cc2ccccc2)CCC1I. The molecule has 0 aromatic heterocycles. The molecule has 0 aliphatic carbocycles. The molecule has 0 N–H and O–H groups in total. The summed E-state index contributed by atoms with van der Waals surface area (Å²) in [6, 6.07) is 10.8. The number of benzene rings is 1. The molecule has 1 nitrogen and oxygen atoms in total. The van der Waals surface area contributed by atoms with Gasteiger partial charge in [-0.05, 0) is 30.2 Å². The minimum atomic E-state index is 0.751. The lowest BCUT2D eigenvalue weighted by atomic mass is 9.99. The molecule has 2 unspecified atom stereocenters. The summed E-state index contributed by atoms with van der Waals surface area (Å²) in [5, 5.41) is 0. The second kappa shape index (κ2) is 6.26. The number of hydrogen-bond acceptors (Lipinski definition) is 2. The quantitative estimate of drug-likeness (QED) is 0.499. The maximum Gasteiger partial charge on any atom is 0.0233 e. The maximum atomic E-state index is 4.46. The number of alkyl halides is 1. The Hall–Kier alpha value is 0.260. The molecule has 1 aromatic carbocycles. The van der Waals surface area contributed by atoms with Crippen LogP contribution in [0.25, 0.3) is 0 Å². The lowest BCUT2D eigenvalue weighted by molar-refractivity contribution is 0.188. The monoisotopic (exact) mass is 347 g/mol. The zero-order valence-electron chi connectivity index (χ0n) is 9.35. The van der Waals surface area contributed by atoms with Gasteiger partial charge in [-0.2, -0.15) is 12.6 Å². The van der Waals surface area contributed by atoms with Gasteiger partial charge in [0.05, 0.1) is 0 Å². The first-order valence-corrected chi connectivity index (χ1v) is 7.68. The van der Waals surface area contributed by atoms with E-state index in [1.807, 2.05) is 0 Å². The molecule has 3 heteroatoms. The molecule has 0 spiro atoms. The van der Waals surface area contributed by atoms with Crippen molar-refractivity contribution in [3.63, 3.8) is 0 Å². The molecular weight excluding hydrogens is 329 g/mol. The van der Waals surface area contributed by atoms with Gasteiger partial charge in [0.15, 0.2) is 0 Å². The van der Waals surface area contributed by atoms with Crippen LogP contribution in [0.1, 0.15) is 12.0 Å². The van der Waals surface area contributed by atoms with Crippen molar-refractivity contribution in [3.8, 4) is 0 Å². The fourth-order valence-corrected chi connectivity index (χ4v) is 3.77. The van der Waals surface area contributed by atoms with Gasteiger partial charge >= 0.3 is 0 Å². The fraction of sp³-hybridized carbons (Fsp3) is 0.538. The predicted molar refractivity (Wildman–Crippen MR) is 81.5 cm³/mol. The van der Waals surface area contributed by atoms with Gasteiger partial charge in [-0.1, -0.05) is 52.9 Å². The summed E-state index contributed by atoms with van der Waals surface area (Å²) < 4.78 is 0.808. The van der Waals surface area contributed by atoms with E-state index in [4.69, 9.17) is 0 Å². The van der Waals surface area contributed by atoms with Crippen molar-refractivity contribution in [2.45, 2.75) is 16.9 Å². The normalized spacial score (nSPS) is 26.9. The summed E-state index contributed by atoms with van der Waals surface area (Å²) in [6.07, 6.45) is 1.30. The fourth-order valence-electron chi connectivity index (χ4n) is 2.24. The summed E-state index contributed by atoms with van der Waals surface area (Å²) in [7, 11) is 0. The average Bonchev–Trinajstić information content (AvgIpc) is 2.33. The zero-order valence-corrected chi connectivity index (χ0v) is 12.4. The third-order valence-corrected chi connectivity index (χ3v) is 5.32. The maximum absolute atomic E-state index is 4.46. The van der Waals surface area contributed by atoms with Crippen molar-refractivity contribution in [1.29, 1.82) is 0 Å². The zero-order chi connectivity index (χ0) is 11.4. The van der Waals surface area contributed by atoms with Crippen molar-refractivity contribution in [3.05, 3.63) is 35.9 Å². The molecular formula is C13H18INS. The standard InChI is InChI=1S/C13H18INS/c14-13-6-7-15(9-12(13)10-16)8-11-4-2-1-3-5-11/h1-5,12-13,16H,6-10H2. The molecule has 2 rings (SSSR count). The number of rotatable bonds is 3. The van der Waals surface area contributed by atoms with Gasteiger partial charge < -0.3 is 0 Å². The summed E-state index contributed by atoms with van der Waals surface area (Å²) in [5.41, 5.74) is 1.42. The number of halogens is 1. The van der Waals surface area contributed by atoms with Gasteiger partial charge in [-0.25, -0.2) is 0 Å². The first-order valence-electron chi connectivity index (χ1n) is 5.81. The molecule has 16 heavy (non-hydrogen) atoms. The Balaban J connectivity index is 1.92. The Bertz CT molecular complexity index is 317. The smallest absolute Gasteiger partial charge is 0.0233 e. The van der Waals surface area contributed by atoms with E-state index in [2.05, 4.69) is 70.5 Å². The number of nitrogens with zero attached hydrogens (tertiary/aromatic N) is 1. The average molecular weight is 347 g/mol. The van der Waals surface area contributed by atoms with Crippen LogP contribution in [-0.4, -0.2) is 27.7 Å². The van der Waals surface area contributed by atoms with E-state index >= 15 is 0 Å². The minimum Gasteiger partial charge on any atom is -0.299 e. The van der Waals surface area contributed by atoms with Crippen LogP contribution >= 0.6 is 35.2 Å². The van der Waals surface area contributed by atoms with E-state index in [-0.39, 0.29) is 0 Å². The van der Waals surface area contributed by atoms with E-state index < -0.39 is 0 Å². The van der Waals surface area contributed by atoms with Crippen LogP contribution in [0.15, 0.2) is 30.3 Å². The van der Waals surface area contributed by atoms with Crippen LogP contribution in [0.5, 0.6) is 0 Å². The molecule has 1 fully saturated rings. The summed E-state index contributed by atoms with van der Waals surface area (Å²) in [5.74, 6) is 1.76. The van der Waals surface area contributed by atoms with Gasteiger partial charge in [0.2, 0.25) is 0 Å². The Morgan fingerprint density at radius 1 is 1.31 bits per heavy atom. The first kappa shape index (κ1) is 12.7. The highest BCUT2D eigenvalue weighted by Gasteiger charge is 2.25. The summed E-state index contributed by atoms with van der Waals surface area (Å²) >= 11 is 7.04. The molecule has 1 aliphatic heterocycles. The third kappa shape index (κ3) is 3.37. The van der Waals surface area contributed by atoms with Gasteiger partial charge in [-0.15, -0.1) is 0 Å². The largest absolute Gasteiger partial charge is 0.299 e. The van der Waals surface area contributed by atoms with Crippen LogP contribution in [0.3, 0.4) is 0 Å². The van der Waals surface area contributed by atoms with Crippen LogP contribution in [0.2, 0.25) is 0 Å². The molecule has 1 saturated heterocycles. The topological polar surface area (TPSA) is 3.24 Å². The second-order valence-electron chi connectivity index (χ2n) is 4.47. The lowest BCUT2D eigenvalue weighted by Crippen LogP contribution is -2.41. The van der Waals surface area contributed by atoms with Crippen LogP contribution in [0, 0.1) is 5.92 Å². The number of piperidine rings is 1. The van der Waals surface area contributed by atoms with Crippen LogP contribution < -0.4 is 0 Å². The molecule has 0 saturated carbocycles. The Labute approximate surface area is 117 Å². The molecule has 1 aromatic rings. The molecule has 0 radical (unpaired) electrons. The van der Waals surface area contributed by atoms with E-state index in [0.29, 0.717) is 0 Å². The first-order chi connectivity index (χ1) is 7.79. The van der Waals surface area contributed by atoms with E-state index in [9.17, 15) is 0 Å². The Morgan fingerprint density at radius 2 is 2.06 bits per heavy atom. The van der Waals surface area contributed by atoms with Gasteiger partial charge in [0, 0.05) is 17.0 Å². The number of likely N-dealkylation sites (tertiary alicyclic amines) is 1. The molecule has 88 valence electrons. The van der Waals surface area contributed by atoms with E-state index in [0.717, 1.165) is 22.1 Å². The highest BCUT2D eigenvalue weighted by atomic mass is 127. The van der Waals surface area contributed by atoms with Gasteiger partial charge in [0.1, 0.15) is 0 Å². The Kier molecular flexibility index (Phi) is 4.97. The van der Waals surface area contributed by atoms with Gasteiger partial charge in [0.25, 0.3) is 0 Å². The van der Waals surface area contributed by atoms with Crippen molar-refractivity contribution in [2.24, 2.45) is 5.92 Å². The van der Waals surface area contributed by atoms with Gasteiger partial charge in [-0.3, -0.25) is 4.90 Å². The molecule has 1 heterocycles. The number of thiol groups is 1. The molecule has 1 aliphatic rings. The third-order valence-electron chi connectivity index (χ3n) is 3.21. The Morgan fingerprint density at radius 3 is 2.75 bits per heavy atom. The van der Waals surface area contributed by atoms with E-state index in [1.54, 1.807) is 0 Å². The van der Waals surface area contributed by atoms with Crippen LogP contribution in [0.4, 0.5) is 0 Å². The van der Waals surface area contributed by atoms with Crippen molar-refractivity contribution in [1.82, 2.24) is 4.90 Å². The predicted octanol–water partition coefficient (Wildman–Crippen LogP) is 3.24. The van der Waals surface area contributed by atoms with Crippen LogP contribution in [-0.2, 0) is 6.54 Å². The van der Waals surface area contributed by atoms with Crippen molar-refractivity contribution < 1.29 is 0 Å². The van der Waals surface area contributed by atoms with E-state index in [1.165, 1.54) is 25.1 Å².